The van der Waals surface area contributed by atoms with Crippen molar-refractivity contribution >= 4 is 27.5 Å². The van der Waals surface area contributed by atoms with Crippen LogP contribution in [-0.2, 0) is 6.42 Å². The van der Waals surface area contributed by atoms with Gasteiger partial charge in [-0.05, 0) is 54.9 Å². The molecule has 1 atom stereocenters. The number of benzene rings is 1. The average Bonchev–Trinajstić information content (AvgIpc) is 2.82. The summed E-state index contributed by atoms with van der Waals surface area (Å²) < 4.78 is 11.6. The molecule has 1 N–H and O–H groups in total. The standard InChI is InChI=1S/C14H15BrClNO2/c1-17-12(11-5-6-19-14(11)16)8-9-7-10(15)3-4-13(9)18-2/h3-7,12,17H,8H2,1-2H3. The molecule has 1 aromatic heterocycles. The number of hydrogen-bond acceptors (Lipinski definition) is 3. The van der Waals surface area contributed by atoms with E-state index in [2.05, 4.69) is 27.3 Å². The zero-order valence-electron chi connectivity index (χ0n) is 10.7. The predicted molar refractivity (Wildman–Crippen MR) is 79.9 cm³/mol. The second-order valence-electron chi connectivity index (χ2n) is 4.15. The van der Waals surface area contributed by atoms with Crippen LogP contribution in [0.4, 0.5) is 0 Å². The molecule has 0 radical (unpaired) electrons. The van der Waals surface area contributed by atoms with Gasteiger partial charge in [-0.3, -0.25) is 0 Å². The minimum atomic E-state index is 0.0782. The van der Waals surface area contributed by atoms with Crippen LogP contribution < -0.4 is 10.1 Å². The van der Waals surface area contributed by atoms with Gasteiger partial charge in [-0.2, -0.15) is 0 Å². The summed E-state index contributed by atoms with van der Waals surface area (Å²) in [7, 11) is 3.57. The highest BCUT2D eigenvalue weighted by atomic mass is 79.9. The number of nitrogens with one attached hydrogen (secondary N) is 1. The lowest BCUT2D eigenvalue weighted by Gasteiger charge is -2.17. The van der Waals surface area contributed by atoms with Crippen LogP contribution >= 0.6 is 27.5 Å². The van der Waals surface area contributed by atoms with Crippen molar-refractivity contribution in [3.63, 3.8) is 0 Å². The molecule has 2 aromatic rings. The molecular formula is C14H15BrClNO2. The fourth-order valence-electron chi connectivity index (χ4n) is 2.05. The third kappa shape index (κ3) is 3.32. The Balaban J connectivity index is 2.28. The van der Waals surface area contributed by atoms with Gasteiger partial charge in [-0.25, -0.2) is 0 Å². The Hall–Kier alpha value is -0.970. The van der Waals surface area contributed by atoms with Crippen LogP contribution in [0.25, 0.3) is 0 Å². The van der Waals surface area contributed by atoms with Crippen molar-refractivity contribution in [1.82, 2.24) is 5.32 Å². The fourth-order valence-corrected chi connectivity index (χ4v) is 2.70. The summed E-state index contributed by atoms with van der Waals surface area (Å²) in [5.74, 6) is 0.864. The van der Waals surface area contributed by atoms with Crippen LogP contribution in [0.2, 0.25) is 5.22 Å². The fraction of sp³-hybridized carbons (Fsp3) is 0.286. The van der Waals surface area contributed by atoms with E-state index in [1.165, 1.54) is 0 Å². The summed E-state index contributed by atoms with van der Waals surface area (Å²) in [6, 6.07) is 7.92. The quantitative estimate of drug-likeness (QED) is 0.882. The smallest absolute Gasteiger partial charge is 0.197 e. The first-order valence-electron chi connectivity index (χ1n) is 5.88. The molecule has 2 rings (SSSR count). The third-order valence-electron chi connectivity index (χ3n) is 3.04. The van der Waals surface area contributed by atoms with E-state index < -0.39 is 0 Å². The number of ether oxygens (including phenoxy) is 1. The van der Waals surface area contributed by atoms with Crippen LogP contribution in [0, 0.1) is 0 Å². The molecule has 0 fully saturated rings. The van der Waals surface area contributed by atoms with E-state index in [0.717, 1.165) is 27.8 Å². The van der Waals surface area contributed by atoms with Gasteiger partial charge >= 0.3 is 0 Å². The van der Waals surface area contributed by atoms with E-state index in [-0.39, 0.29) is 6.04 Å². The maximum atomic E-state index is 6.04. The Labute approximate surface area is 126 Å². The SMILES string of the molecule is CNC(Cc1cc(Br)ccc1OC)c1ccoc1Cl. The molecule has 0 saturated carbocycles. The monoisotopic (exact) mass is 343 g/mol. The van der Waals surface area contributed by atoms with E-state index in [1.807, 2.05) is 25.2 Å². The number of rotatable bonds is 5. The summed E-state index contributed by atoms with van der Waals surface area (Å²) in [5, 5.41) is 3.67. The molecule has 0 amide bonds. The van der Waals surface area contributed by atoms with Crippen molar-refractivity contribution < 1.29 is 9.15 Å². The Bertz CT molecular complexity index is 556. The number of hydrogen-bond donors (Lipinski definition) is 1. The van der Waals surface area contributed by atoms with E-state index in [4.69, 9.17) is 20.8 Å². The van der Waals surface area contributed by atoms with Crippen LogP contribution in [0.15, 0.2) is 39.4 Å². The van der Waals surface area contributed by atoms with E-state index >= 15 is 0 Å². The maximum absolute atomic E-state index is 6.04. The Morgan fingerprint density at radius 1 is 1.42 bits per heavy atom. The van der Waals surface area contributed by atoms with E-state index in [9.17, 15) is 0 Å². The van der Waals surface area contributed by atoms with Crippen LogP contribution in [-0.4, -0.2) is 14.2 Å². The van der Waals surface area contributed by atoms with Crippen LogP contribution in [0.5, 0.6) is 5.75 Å². The van der Waals surface area contributed by atoms with Crippen molar-refractivity contribution in [2.45, 2.75) is 12.5 Å². The molecule has 0 bridgehead atoms. The van der Waals surface area contributed by atoms with Crippen molar-refractivity contribution in [3.8, 4) is 5.75 Å². The summed E-state index contributed by atoms with van der Waals surface area (Å²) in [6.45, 7) is 0. The molecule has 0 saturated heterocycles. The third-order valence-corrected chi connectivity index (χ3v) is 3.84. The first-order valence-corrected chi connectivity index (χ1v) is 7.05. The van der Waals surface area contributed by atoms with Crippen LogP contribution in [0.3, 0.4) is 0 Å². The molecule has 0 aliphatic rings. The second-order valence-corrected chi connectivity index (χ2v) is 5.41. The first kappa shape index (κ1) is 14.4. The molecular weight excluding hydrogens is 330 g/mol. The first-order chi connectivity index (χ1) is 9.15. The number of halogens is 2. The molecule has 1 aromatic carbocycles. The highest BCUT2D eigenvalue weighted by Crippen LogP contribution is 2.31. The lowest BCUT2D eigenvalue weighted by atomic mass is 10.0. The number of likely N-dealkylation sites (N-methyl/N-ethyl adjacent to an activating group) is 1. The summed E-state index contributed by atoms with van der Waals surface area (Å²) in [6.07, 6.45) is 2.36. The minimum absolute atomic E-state index is 0.0782. The van der Waals surface area contributed by atoms with Crippen molar-refractivity contribution in [2.75, 3.05) is 14.2 Å². The summed E-state index contributed by atoms with van der Waals surface area (Å²) in [5.41, 5.74) is 2.06. The molecule has 19 heavy (non-hydrogen) atoms. The summed E-state index contributed by atoms with van der Waals surface area (Å²) in [4.78, 5) is 0. The molecule has 0 aliphatic carbocycles. The van der Waals surface area contributed by atoms with Gasteiger partial charge in [0.05, 0.1) is 13.4 Å². The highest BCUT2D eigenvalue weighted by molar-refractivity contribution is 9.10. The van der Waals surface area contributed by atoms with Crippen molar-refractivity contribution in [3.05, 3.63) is 51.3 Å². The van der Waals surface area contributed by atoms with Crippen molar-refractivity contribution in [1.29, 1.82) is 0 Å². The zero-order valence-corrected chi connectivity index (χ0v) is 13.1. The van der Waals surface area contributed by atoms with Crippen molar-refractivity contribution in [2.24, 2.45) is 0 Å². The topological polar surface area (TPSA) is 34.4 Å². The minimum Gasteiger partial charge on any atom is -0.496 e. The largest absolute Gasteiger partial charge is 0.496 e. The Morgan fingerprint density at radius 3 is 2.79 bits per heavy atom. The molecule has 102 valence electrons. The van der Waals surface area contributed by atoms with E-state index in [0.29, 0.717) is 5.22 Å². The van der Waals surface area contributed by atoms with Gasteiger partial charge in [0.1, 0.15) is 5.75 Å². The average molecular weight is 345 g/mol. The number of furan rings is 1. The maximum Gasteiger partial charge on any atom is 0.197 e. The van der Waals surface area contributed by atoms with Gasteiger partial charge in [0.25, 0.3) is 0 Å². The van der Waals surface area contributed by atoms with Gasteiger partial charge in [0.2, 0.25) is 0 Å². The Morgan fingerprint density at radius 2 is 2.21 bits per heavy atom. The normalized spacial score (nSPS) is 12.4. The van der Waals surface area contributed by atoms with Gasteiger partial charge in [0.15, 0.2) is 5.22 Å². The summed E-state index contributed by atoms with van der Waals surface area (Å²) >= 11 is 9.52. The lowest BCUT2D eigenvalue weighted by molar-refractivity contribution is 0.406. The van der Waals surface area contributed by atoms with Gasteiger partial charge in [-0.15, -0.1) is 0 Å². The lowest BCUT2D eigenvalue weighted by Crippen LogP contribution is -2.19. The van der Waals surface area contributed by atoms with Gasteiger partial charge in [-0.1, -0.05) is 15.9 Å². The second kappa shape index (κ2) is 6.46. The Kier molecular flexibility index (Phi) is 4.91. The molecule has 1 heterocycles. The zero-order chi connectivity index (χ0) is 13.8. The van der Waals surface area contributed by atoms with Gasteiger partial charge < -0.3 is 14.5 Å². The molecule has 5 heteroatoms. The van der Waals surface area contributed by atoms with Gasteiger partial charge in [0, 0.05) is 16.1 Å². The molecule has 3 nitrogen and oxygen atoms in total. The van der Waals surface area contributed by atoms with Crippen LogP contribution in [0.1, 0.15) is 17.2 Å². The number of methoxy groups -OCH3 is 1. The molecule has 0 aliphatic heterocycles. The highest BCUT2D eigenvalue weighted by Gasteiger charge is 2.17. The molecule has 0 spiro atoms. The molecule has 1 unspecified atom stereocenters. The van der Waals surface area contributed by atoms with E-state index in [1.54, 1.807) is 13.4 Å². The predicted octanol–water partition coefficient (Wildman–Crippen LogP) is 4.21.